The minimum absolute atomic E-state index is 0.156. The van der Waals surface area contributed by atoms with Gasteiger partial charge in [0.15, 0.2) is 6.04 Å². The monoisotopic (exact) mass is 272 g/mol. The molecule has 0 spiro atoms. The maximum absolute atomic E-state index is 12.0. The average molecular weight is 272 g/mol. The van der Waals surface area contributed by atoms with Crippen molar-refractivity contribution in [1.82, 2.24) is 5.32 Å². The largest absolute Gasteiger partial charge is 0.291 e. The molecule has 1 N–H and O–H groups in total. The van der Waals surface area contributed by atoms with Crippen LogP contribution in [-0.4, -0.2) is 17.9 Å². The Morgan fingerprint density at radius 3 is 2.55 bits per heavy atom. The molecule has 0 fully saturated rings. The molecule has 20 heavy (non-hydrogen) atoms. The molecule has 2 rings (SSSR count). The number of benzene rings is 1. The Bertz CT molecular complexity index is 596. The van der Waals surface area contributed by atoms with Gasteiger partial charge in [-0.15, -0.1) is 5.11 Å². The smallest absolute Gasteiger partial charge is 0.254 e. The van der Waals surface area contributed by atoms with Gasteiger partial charge in [0.1, 0.15) is 0 Å². The van der Waals surface area contributed by atoms with Crippen LogP contribution in [0, 0.1) is 19.3 Å². The number of carbonyl (C=O) groups excluding carboxylic acids is 1. The van der Waals surface area contributed by atoms with Gasteiger partial charge in [-0.1, -0.05) is 32.9 Å². The molecule has 1 atom stereocenters. The molecular weight excluding hydrogens is 252 g/mol. The Balaban J connectivity index is 2.30. The van der Waals surface area contributed by atoms with E-state index < -0.39 is 6.04 Å². The highest BCUT2D eigenvalue weighted by Crippen LogP contribution is 2.25. The molecule has 1 heterocycles. The maximum Gasteiger partial charge on any atom is 0.254 e. The van der Waals surface area contributed by atoms with Gasteiger partial charge in [0, 0.05) is 0 Å². The molecule has 0 aliphatic carbocycles. The number of carbonyl (C=O) groups is 1. The molecular formula is C15H20N4O. The third kappa shape index (κ3) is 3.10. The fraction of sp³-hybridized carbons (Fsp3) is 0.467. The summed E-state index contributed by atoms with van der Waals surface area (Å²) in [5.74, 6) is 0.0979. The molecule has 0 saturated carbocycles. The number of hydrogen-bond donors (Lipinski definition) is 1. The number of aliphatic imine (C=N–C) groups is 1. The normalized spacial score (nSPS) is 21.1. The highest BCUT2D eigenvalue weighted by Gasteiger charge is 2.34. The van der Waals surface area contributed by atoms with Gasteiger partial charge in [-0.2, -0.15) is 5.11 Å². The third-order valence-electron chi connectivity index (χ3n) is 3.16. The summed E-state index contributed by atoms with van der Waals surface area (Å²) < 4.78 is 0. The van der Waals surface area contributed by atoms with Crippen molar-refractivity contribution in [2.24, 2.45) is 20.6 Å². The number of aryl methyl sites for hydroxylation is 2. The Kier molecular flexibility index (Phi) is 3.70. The van der Waals surface area contributed by atoms with E-state index in [4.69, 9.17) is 0 Å². The summed E-state index contributed by atoms with van der Waals surface area (Å²) in [6.07, 6.45) is 0. The molecule has 1 aliphatic rings. The quantitative estimate of drug-likeness (QED) is 0.837. The lowest BCUT2D eigenvalue weighted by atomic mass is 9.86. The van der Waals surface area contributed by atoms with Crippen molar-refractivity contribution >= 4 is 17.6 Å². The van der Waals surface area contributed by atoms with E-state index in [-0.39, 0.29) is 17.3 Å². The standard InChI is InChI=1S/C15H20N4O/c1-9-6-7-10(2)11(8-9)16-14-17-13(20)12(18-19-14)15(3,4)5/h6-8,12H,1-5H3,(H,16,17,20). The molecule has 1 amide bonds. The number of nitrogens with zero attached hydrogens (tertiary/aromatic N) is 3. The molecule has 1 aromatic rings. The van der Waals surface area contributed by atoms with E-state index in [9.17, 15) is 4.79 Å². The molecule has 1 aromatic carbocycles. The average Bonchev–Trinajstić information content (AvgIpc) is 2.32. The zero-order valence-corrected chi connectivity index (χ0v) is 12.6. The van der Waals surface area contributed by atoms with Gasteiger partial charge in [-0.05, 0) is 36.5 Å². The van der Waals surface area contributed by atoms with Crippen LogP contribution in [0.3, 0.4) is 0 Å². The van der Waals surface area contributed by atoms with Crippen LogP contribution in [0.25, 0.3) is 0 Å². The molecule has 5 heteroatoms. The summed E-state index contributed by atoms with van der Waals surface area (Å²) in [4.78, 5) is 16.4. The number of amides is 1. The van der Waals surface area contributed by atoms with E-state index in [1.165, 1.54) is 0 Å². The molecule has 1 unspecified atom stereocenters. The van der Waals surface area contributed by atoms with Gasteiger partial charge in [0.05, 0.1) is 5.69 Å². The first kappa shape index (κ1) is 14.4. The number of rotatable bonds is 1. The zero-order chi connectivity index (χ0) is 14.9. The molecule has 1 aliphatic heterocycles. The minimum Gasteiger partial charge on any atom is -0.291 e. The number of azo groups is 1. The Morgan fingerprint density at radius 1 is 1.25 bits per heavy atom. The van der Waals surface area contributed by atoms with Crippen molar-refractivity contribution in [1.29, 1.82) is 0 Å². The zero-order valence-electron chi connectivity index (χ0n) is 12.6. The van der Waals surface area contributed by atoms with Gasteiger partial charge in [-0.25, -0.2) is 4.99 Å². The SMILES string of the molecule is Cc1ccc(C)c(N=C2N=NC(C(C)(C)C)C(=O)N2)c1. The van der Waals surface area contributed by atoms with Crippen molar-refractivity contribution in [3.05, 3.63) is 29.3 Å². The molecule has 0 bridgehead atoms. The molecule has 0 aromatic heterocycles. The van der Waals surface area contributed by atoms with Crippen LogP contribution in [0.4, 0.5) is 5.69 Å². The lowest BCUT2D eigenvalue weighted by Gasteiger charge is -2.27. The Hall–Kier alpha value is -2.04. The molecule has 0 radical (unpaired) electrons. The summed E-state index contributed by atoms with van der Waals surface area (Å²) in [5.41, 5.74) is 2.69. The first-order chi connectivity index (χ1) is 9.27. The van der Waals surface area contributed by atoms with E-state index in [2.05, 4.69) is 20.5 Å². The lowest BCUT2D eigenvalue weighted by Crippen LogP contribution is -2.46. The number of guanidine groups is 1. The number of nitrogens with one attached hydrogen (secondary N) is 1. The Morgan fingerprint density at radius 2 is 1.95 bits per heavy atom. The number of hydrogen-bond acceptors (Lipinski definition) is 3. The van der Waals surface area contributed by atoms with Gasteiger partial charge >= 0.3 is 0 Å². The highest BCUT2D eigenvalue weighted by molar-refractivity contribution is 6.02. The van der Waals surface area contributed by atoms with Gasteiger partial charge in [-0.3, -0.25) is 10.1 Å². The fourth-order valence-electron chi connectivity index (χ4n) is 1.94. The molecule has 5 nitrogen and oxygen atoms in total. The van der Waals surface area contributed by atoms with Gasteiger partial charge in [0.2, 0.25) is 5.96 Å². The van der Waals surface area contributed by atoms with E-state index in [1.807, 2.05) is 52.8 Å². The summed E-state index contributed by atoms with van der Waals surface area (Å²) in [6.45, 7) is 9.85. The topological polar surface area (TPSA) is 66.2 Å². The van der Waals surface area contributed by atoms with E-state index in [1.54, 1.807) is 0 Å². The second kappa shape index (κ2) is 5.15. The van der Waals surface area contributed by atoms with E-state index in [0.29, 0.717) is 0 Å². The summed E-state index contributed by atoms with van der Waals surface area (Å²) in [5, 5.41) is 10.8. The van der Waals surface area contributed by atoms with Crippen LogP contribution in [0.1, 0.15) is 31.9 Å². The summed E-state index contributed by atoms with van der Waals surface area (Å²) in [7, 11) is 0. The van der Waals surface area contributed by atoms with Crippen LogP contribution in [0.5, 0.6) is 0 Å². The fourth-order valence-corrected chi connectivity index (χ4v) is 1.94. The maximum atomic E-state index is 12.0. The second-order valence-electron chi connectivity index (χ2n) is 6.20. The van der Waals surface area contributed by atoms with Crippen LogP contribution >= 0.6 is 0 Å². The van der Waals surface area contributed by atoms with E-state index >= 15 is 0 Å². The molecule has 106 valence electrons. The first-order valence-electron chi connectivity index (χ1n) is 6.65. The van der Waals surface area contributed by atoms with Crippen molar-refractivity contribution in [3.8, 4) is 0 Å². The summed E-state index contributed by atoms with van der Waals surface area (Å²) in [6, 6.07) is 5.50. The van der Waals surface area contributed by atoms with Crippen LogP contribution in [0.15, 0.2) is 33.4 Å². The summed E-state index contributed by atoms with van der Waals surface area (Å²) >= 11 is 0. The van der Waals surface area contributed by atoms with Crippen LogP contribution in [-0.2, 0) is 4.79 Å². The van der Waals surface area contributed by atoms with Gasteiger partial charge in [0.25, 0.3) is 5.91 Å². The van der Waals surface area contributed by atoms with Crippen molar-refractivity contribution in [2.75, 3.05) is 0 Å². The first-order valence-corrected chi connectivity index (χ1v) is 6.65. The van der Waals surface area contributed by atoms with Gasteiger partial charge < -0.3 is 0 Å². The third-order valence-corrected chi connectivity index (χ3v) is 3.16. The van der Waals surface area contributed by atoms with E-state index in [0.717, 1.165) is 16.8 Å². The predicted octanol–water partition coefficient (Wildman–Crippen LogP) is 3.29. The second-order valence-corrected chi connectivity index (χ2v) is 6.20. The minimum atomic E-state index is -0.472. The van der Waals surface area contributed by atoms with Crippen molar-refractivity contribution in [3.63, 3.8) is 0 Å². The van der Waals surface area contributed by atoms with Crippen LogP contribution < -0.4 is 5.32 Å². The van der Waals surface area contributed by atoms with Crippen molar-refractivity contribution in [2.45, 2.75) is 40.7 Å². The predicted molar refractivity (Wildman–Crippen MR) is 79.3 cm³/mol. The Labute approximate surface area is 119 Å². The van der Waals surface area contributed by atoms with Crippen molar-refractivity contribution < 1.29 is 4.79 Å². The van der Waals surface area contributed by atoms with Crippen LogP contribution in [0.2, 0.25) is 0 Å². The highest BCUT2D eigenvalue weighted by atomic mass is 16.2. The molecule has 0 saturated heterocycles. The lowest BCUT2D eigenvalue weighted by molar-refractivity contribution is -0.123.